The molecule has 2 aromatic carbocycles. The summed E-state index contributed by atoms with van der Waals surface area (Å²) in [5.74, 6) is -0.0247. The van der Waals surface area contributed by atoms with Gasteiger partial charge < -0.3 is 10.7 Å². The predicted octanol–water partition coefficient (Wildman–Crippen LogP) is 3.04. The second-order valence-corrected chi connectivity index (χ2v) is 5.57. The second-order valence-electron chi connectivity index (χ2n) is 5.57. The lowest BCUT2D eigenvalue weighted by atomic mass is 10.00. The first-order chi connectivity index (χ1) is 12.2. The van der Waals surface area contributed by atoms with Crippen LogP contribution in [0.25, 0.3) is 33.4 Å². The monoisotopic (exact) mass is 327 g/mol. The Morgan fingerprint density at radius 3 is 2.48 bits per heavy atom. The standard InChI is InChI=1S/C19H13N5O/c20-10-13-17(23-19(21)24-18(13)25)15-12-8-4-5-9-14(12)22-16(15)11-6-2-1-3-7-11/h1-9,22H,(H3,21,23,24,25). The number of benzene rings is 2. The molecule has 6 heteroatoms. The van der Waals surface area contributed by atoms with Gasteiger partial charge in [0.25, 0.3) is 5.56 Å². The quantitative estimate of drug-likeness (QED) is 0.525. The molecule has 0 radical (unpaired) electrons. The van der Waals surface area contributed by atoms with Crippen LogP contribution in [0.3, 0.4) is 0 Å². The molecule has 0 aliphatic rings. The van der Waals surface area contributed by atoms with Crippen molar-refractivity contribution in [2.45, 2.75) is 0 Å². The molecule has 0 aliphatic carbocycles. The molecule has 0 spiro atoms. The molecule has 120 valence electrons. The van der Waals surface area contributed by atoms with Gasteiger partial charge in [-0.25, -0.2) is 4.98 Å². The Labute approximate surface area is 142 Å². The number of para-hydroxylation sites is 1. The number of nitrogen functional groups attached to an aromatic ring is 1. The van der Waals surface area contributed by atoms with Crippen LogP contribution in [0.4, 0.5) is 5.95 Å². The highest BCUT2D eigenvalue weighted by Crippen LogP contribution is 2.38. The third-order valence-electron chi connectivity index (χ3n) is 4.05. The first-order valence-electron chi connectivity index (χ1n) is 7.65. The SMILES string of the molecule is N#Cc1c(-c2c(-c3ccccc3)[nH]c3ccccc23)nc(N)[nH]c1=O. The predicted molar refractivity (Wildman–Crippen MR) is 96.7 cm³/mol. The first kappa shape index (κ1) is 14.7. The Hall–Kier alpha value is -3.85. The van der Waals surface area contributed by atoms with Gasteiger partial charge in [-0.1, -0.05) is 48.5 Å². The lowest BCUT2D eigenvalue weighted by Crippen LogP contribution is -2.16. The molecule has 4 aromatic rings. The Bertz CT molecular complexity index is 1180. The van der Waals surface area contributed by atoms with Gasteiger partial charge in [0.05, 0.1) is 5.69 Å². The summed E-state index contributed by atoms with van der Waals surface area (Å²) in [6, 6.07) is 19.3. The maximum Gasteiger partial charge on any atom is 0.270 e. The number of H-pyrrole nitrogens is 2. The molecule has 0 unspecified atom stereocenters. The van der Waals surface area contributed by atoms with Crippen molar-refractivity contribution in [2.24, 2.45) is 0 Å². The first-order valence-corrected chi connectivity index (χ1v) is 7.65. The number of hydrogen-bond donors (Lipinski definition) is 3. The van der Waals surface area contributed by atoms with Crippen molar-refractivity contribution in [2.75, 3.05) is 5.73 Å². The summed E-state index contributed by atoms with van der Waals surface area (Å²) >= 11 is 0. The molecule has 4 rings (SSSR count). The number of rotatable bonds is 2. The van der Waals surface area contributed by atoms with Crippen LogP contribution in [0.2, 0.25) is 0 Å². The summed E-state index contributed by atoms with van der Waals surface area (Å²) in [6.45, 7) is 0. The fraction of sp³-hybridized carbons (Fsp3) is 0. The third kappa shape index (κ3) is 2.35. The van der Waals surface area contributed by atoms with E-state index in [9.17, 15) is 10.1 Å². The van der Waals surface area contributed by atoms with Crippen molar-refractivity contribution in [3.05, 3.63) is 70.5 Å². The third-order valence-corrected chi connectivity index (χ3v) is 4.05. The summed E-state index contributed by atoms with van der Waals surface area (Å²) in [7, 11) is 0. The second kappa shape index (κ2) is 5.65. The maximum absolute atomic E-state index is 12.2. The minimum absolute atomic E-state index is 0.0247. The number of anilines is 1. The van der Waals surface area contributed by atoms with Crippen LogP contribution in [0.1, 0.15) is 5.56 Å². The van der Waals surface area contributed by atoms with E-state index in [-0.39, 0.29) is 17.2 Å². The molecule has 0 fully saturated rings. The van der Waals surface area contributed by atoms with E-state index < -0.39 is 5.56 Å². The number of nitrogens with zero attached hydrogens (tertiary/aromatic N) is 2. The average molecular weight is 327 g/mol. The number of fused-ring (bicyclic) bond motifs is 1. The number of aromatic amines is 2. The molecule has 0 bridgehead atoms. The van der Waals surface area contributed by atoms with Crippen LogP contribution < -0.4 is 11.3 Å². The maximum atomic E-state index is 12.2. The van der Waals surface area contributed by atoms with Gasteiger partial charge in [-0.05, 0) is 11.6 Å². The van der Waals surface area contributed by atoms with Crippen molar-refractivity contribution in [1.82, 2.24) is 15.0 Å². The highest BCUT2D eigenvalue weighted by Gasteiger charge is 2.21. The van der Waals surface area contributed by atoms with E-state index in [0.29, 0.717) is 5.56 Å². The molecule has 4 N–H and O–H groups in total. The van der Waals surface area contributed by atoms with Crippen LogP contribution in [-0.4, -0.2) is 15.0 Å². The smallest absolute Gasteiger partial charge is 0.270 e. The van der Waals surface area contributed by atoms with Gasteiger partial charge in [0.1, 0.15) is 17.3 Å². The number of hydrogen-bond acceptors (Lipinski definition) is 4. The molecule has 0 saturated carbocycles. The van der Waals surface area contributed by atoms with Crippen LogP contribution in [0.5, 0.6) is 0 Å². The Morgan fingerprint density at radius 1 is 1.00 bits per heavy atom. The molecule has 0 aliphatic heterocycles. The van der Waals surface area contributed by atoms with E-state index in [1.54, 1.807) is 0 Å². The number of nitriles is 1. The number of aromatic nitrogens is 3. The highest BCUT2D eigenvalue weighted by molar-refractivity contribution is 6.03. The van der Waals surface area contributed by atoms with Gasteiger partial charge in [-0.3, -0.25) is 9.78 Å². The average Bonchev–Trinajstić information content (AvgIpc) is 3.01. The van der Waals surface area contributed by atoms with Gasteiger partial charge in [0, 0.05) is 16.5 Å². The fourth-order valence-electron chi connectivity index (χ4n) is 2.98. The van der Waals surface area contributed by atoms with Crippen LogP contribution in [0, 0.1) is 11.3 Å². The Morgan fingerprint density at radius 2 is 1.72 bits per heavy atom. The van der Waals surface area contributed by atoms with E-state index in [1.807, 2.05) is 60.7 Å². The minimum Gasteiger partial charge on any atom is -0.369 e. The van der Waals surface area contributed by atoms with Gasteiger partial charge >= 0.3 is 0 Å². The van der Waals surface area contributed by atoms with E-state index in [0.717, 1.165) is 22.2 Å². The summed E-state index contributed by atoms with van der Waals surface area (Å²) in [4.78, 5) is 22.2. The normalized spacial score (nSPS) is 10.7. The van der Waals surface area contributed by atoms with Crippen molar-refractivity contribution in [1.29, 1.82) is 5.26 Å². The molecule has 6 nitrogen and oxygen atoms in total. The van der Waals surface area contributed by atoms with Gasteiger partial charge in [-0.15, -0.1) is 0 Å². The van der Waals surface area contributed by atoms with Crippen molar-refractivity contribution in [3.8, 4) is 28.6 Å². The molecule has 0 saturated heterocycles. The topological polar surface area (TPSA) is 111 Å². The van der Waals surface area contributed by atoms with E-state index in [4.69, 9.17) is 5.73 Å². The van der Waals surface area contributed by atoms with Crippen LogP contribution >= 0.6 is 0 Å². The summed E-state index contributed by atoms with van der Waals surface area (Å²) in [6.07, 6.45) is 0. The summed E-state index contributed by atoms with van der Waals surface area (Å²) in [5.41, 5.74) is 8.70. The Kier molecular flexibility index (Phi) is 3.33. The van der Waals surface area contributed by atoms with Gasteiger partial charge in [0.2, 0.25) is 5.95 Å². The molecule has 25 heavy (non-hydrogen) atoms. The van der Waals surface area contributed by atoms with E-state index >= 15 is 0 Å². The number of nitrogens with two attached hydrogens (primary N) is 1. The lowest BCUT2D eigenvalue weighted by Gasteiger charge is -2.07. The van der Waals surface area contributed by atoms with E-state index in [1.165, 1.54) is 0 Å². The minimum atomic E-state index is -0.547. The number of nitrogens with one attached hydrogen (secondary N) is 2. The molecular weight excluding hydrogens is 314 g/mol. The van der Waals surface area contributed by atoms with Crippen molar-refractivity contribution in [3.63, 3.8) is 0 Å². The lowest BCUT2D eigenvalue weighted by molar-refractivity contribution is 1.12. The zero-order valence-electron chi connectivity index (χ0n) is 13.1. The summed E-state index contributed by atoms with van der Waals surface area (Å²) in [5, 5.41) is 10.3. The molecule has 2 heterocycles. The molecule has 0 atom stereocenters. The zero-order chi connectivity index (χ0) is 17.4. The zero-order valence-corrected chi connectivity index (χ0v) is 13.1. The van der Waals surface area contributed by atoms with Crippen LogP contribution in [-0.2, 0) is 0 Å². The van der Waals surface area contributed by atoms with E-state index in [2.05, 4.69) is 15.0 Å². The Balaban J connectivity index is 2.16. The highest BCUT2D eigenvalue weighted by atomic mass is 16.1. The molecule has 2 aromatic heterocycles. The largest absolute Gasteiger partial charge is 0.369 e. The van der Waals surface area contributed by atoms with Crippen LogP contribution in [0.15, 0.2) is 59.4 Å². The molecular formula is C19H13N5O. The van der Waals surface area contributed by atoms with Gasteiger partial charge in [0.15, 0.2) is 0 Å². The molecule has 0 amide bonds. The fourth-order valence-corrected chi connectivity index (χ4v) is 2.98. The summed E-state index contributed by atoms with van der Waals surface area (Å²) < 4.78 is 0. The van der Waals surface area contributed by atoms with Crippen molar-refractivity contribution < 1.29 is 0 Å². The van der Waals surface area contributed by atoms with Gasteiger partial charge in [-0.2, -0.15) is 5.26 Å². The van der Waals surface area contributed by atoms with Crippen molar-refractivity contribution >= 4 is 16.9 Å².